The van der Waals surface area contributed by atoms with Gasteiger partial charge in [-0.05, 0) is 23.8 Å². The number of ether oxygens (including phenoxy) is 2. The Kier molecular flexibility index (Phi) is 5.08. The average molecular weight is 222 g/mol. The SMILES string of the molecule is COCCOc1ccc(/C=C/C(=O)O)cc1. The monoisotopic (exact) mass is 222 g/mol. The molecule has 0 radical (unpaired) electrons. The van der Waals surface area contributed by atoms with Crippen molar-refractivity contribution in [2.45, 2.75) is 0 Å². The Bertz CT molecular complexity index is 354. The average Bonchev–Trinajstić information content (AvgIpc) is 2.28. The molecule has 0 aliphatic carbocycles. The lowest BCUT2D eigenvalue weighted by atomic mass is 10.2. The number of hydrogen-bond donors (Lipinski definition) is 1. The summed E-state index contributed by atoms with van der Waals surface area (Å²) < 4.78 is 10.2. The molecule has 0 aromatic heterocycles. The van der Waals surface area contributed by atoms with E-state index in [1.807, 2.05) is 0 Å². The fourth-order valence-electron chi connectivity index (χ4n) is 1.09. The van der Waals surface area contributed by atoms with Crippen LogP contribution in [0.2, 0.25) is 0 Å². The molecule has 4 nitrogen and oxygen atoms in total. The van der Waals surface area contributed by atoms with Crippen molar-refractivity contribution < 1.29 is 19.4 Å². The maximum absolute atomic E-state index is 10.3. The maximum Gasteiger partial charge on any atom is 0.328 e. The van der Waals surface area contributed by atoms with Gasteiger partial charge in [0.2, 0.25) is 0 Å². The number of aliphatic carboxylic acids is 1. The zero-order valence-corrected chi connectivity index (χ0v) is 9.05. The Hall–Kier alpha value is -1.81. The smallest absolute Gasteiger partial charge is 0.328 e. The number of methoxy groups -OCH3 is 1. The normalized spacial score (nSPS) is 10.6. The summed E-state index contributed by atoms with van der Waals surface area (Å²) in [5, 5.41) is 8.45. The van der Waals surface area contributed by atoms with Gasteiger partial charge in [0, 0.05) is 13.2 Å². The summed E-state index contributed by atoms with van der Waals surface area (Å²) in [6, 6.07) is 7.16. The Labute approximate surface area is 94.1 Å². The first-order chi connectivity index (χ1) is 7.72. The molecule has 0 fully saturated rings. The third kappa shape index (κ3) is 4.61. The molecule has 1 N–H and O–H groups in total. The van der Waals surface area contributed by atoms with Gasteiger partial charge in [-0.3, -0.25) is 0 Å². The van der Waals surface area contributed by atoms with Crippen LogP contribution in [0.1, 0.15) is 5.56 Å². The minimum Gasteiger partial charge on any atom is -0.491 e. The number of carboxylic acid groups (broad SMARTS) is 1. The number of rotatable bonds is 6. The molecule has 0 spiro atoms. The molecule has 0 aliphatic rings. The van der Waals surface area contributed by atoms with Crippen LogP contribution in [0.5, 0.6) is 5.75 Å². The highest BCUT2D eigenvalue weighted by molar-refractivity contribution is 5.85. The van der Waals surface area contributed by atoms with Gasteiger partial charge in [0.15, 0.2) is 0 Å². The first-order valence-corrected chi connectivity index (χ1v) is 4.85. The van der Waals surface area contributed by atoms with Gasteiger partial charge in [-0.1, -0.05) is 12.1 Å². The molecule has 1 aromatic carbocycles. The third-order valence-corrected chi connectivity index (χ3v) is 1.85. The van der Waals surface area contributed by atoms with E-state index in [0.29, 0.717) is 13.2 Å². The predicted octanol–water partition coefficient (Wildman–Crippen LogP) is 1.81. The fourth-order valence-corrected chi connectivity index (χ4v) is 1.09. The van der Waals surface area contributed by atoms with Gasteiger partial charge < -0.3 is 14.6 Å². The van der Waals surface area contributed by atoms with Crippen LogP contribution >= 0.6 is 0 Å². The Balaban J connectivity index is 2.51. The van der Waals surface area contributed by atoms with Gasteiger partial charge in [0.1, 0.15) is 12.4 Å². The van der Waals surface area contributed by atoms with Crippen LogP contribution in [0.25, 0.3) is 6.08 Å². The van der Waals surface area contributed by atoms with E-state index in [0.717, 1.165) is 17.4 Å². The van der Waals surface area contributed by atoms with Crippen LogP contribution in [-0.2, 0) is 9.53 Å². The third-order valence-electron chi connectivity index (χ3n) is 1.85. The quantitative estimate of drug-likeness (QED) is 0.589. The number of carboxylic acids is 1. The van der Waals surface area contributed by atoms with Crippen LogP contribution < -0.4 is 4.74 Å². The molecule has 0 atom stereocenters. The van der Waals surface area contributed by atoms with Crippen molar-refractivity contribution in [1.82, 2.24) is 0 Å². The molecular weight excluding hydrogens is 208 g/mol. The van der Waals surface area contributed by atoms with Crippen LogP contribution in [0.4, 0.5) is 0 Å². The van der Waals surface area contributed by atoms with E-state index in [2.05, 4.69) is 0 Å². The van der Waals surface area contributed by atoms with Gasteiger partial charge in [-0.25, -0.2) is 4.79 Å². The second kappa shape index (κ2) is 6.63. The lowest BCUT2D eigenvalue weighted by Crippen LogP contribution is -2.03. The topological polar surface area (TPSA) is 55.8 Å². The van der Waals surface area contributed by atoms with E-state index in [9.17, 15) is 4.79 Å². The molecule has 0 saturated heterocycles. The zero-order valence-electron chi connectivity index (χ0n) is 9.05. The van der Waals surface area contributed by atoms with Gasteiger partial charge in [-0.15, -0.1) is 0 Å². The minimum absolute atomic E-state index is 0.501. The molecule has 0 unspecified atom stereocenters. The summed E-state index contributed by atoms with van der Waals surface area (Å²) in [6.07, 6.45) is 2.63. The second-order valence-corrected chi connectivity index (χ2v) is 3.08. The summed E-state index contributed by atoms with van der Waals surface area (Å²) in [4.78, 5) is 10.3. The van der Waals surface area contributed by atoms with Gasteiger partial charge >= 0.3 is 5.97 Å². The van der Waals surface area contributed by atoms with Crippen LogP contribution in [0, 0.1) is 0 Å². The maximum atomic E-state index is 10.3. The molecule has 0 amide bonds. The van der Waals surface area contributed by atoms with Gasteiger partial charge in [-0.2, -0.15) is 0 Å². The van der Waals surface area contributed by atoms with Gasteiger partial charge in [0.05, 0.1) is 6.61 Å². The van der Waals surface area contributed by atoms with E-state index < -0.39 is 5.97 Å². The molecule has 0 saturated carbocycles. The minimum atomic E-state index is -0.958. The van der Waals surface area contributed by atoms with Crippen molar-refractivity contribution in [3.05, 3.63) is 35.9 Å². The largest absolute Gasteiger partial charge is 0.491 e. The Morgan fingerprint density at radius 2 is 2.00 bits per heavy atom. The number of carbonyl (C=O) groups is 1. The van der Waals surface area contributed by atoms with Crippen molar-refractivity contribution in [1.29, 1.82) is 0 Å². The van der Waals surface area contributed by atoms with E-state index in [4.69, 9.17) is 14.6 Å². The first kappa shape index (κ1) is 12.3. The molecule has 86 valence electrons. The van der Waals surface area contributed by atoms with Crippen molar-refractivity contribution in [2.24, 2.45) is 0 Å². The van der Waals surface area contributed by atoms with Crippen LogP contribution in [-0.4, -0.2) is 31.4 Å². The molecule has 16 heavy (non-hydrogen) atoms. The molecule has 4 heteroatoms. The molecule has 0 bridgehead atoms. The summed E-state index contributed by atoms with van der Waals surface area (Å²) >= 11 is 0. The van der Waals surface area contributed by atoms with E-state index in [1.165, 1.54) is 6.08 Å². The summed E-state index contributed by atoms with van der Waals surface area (Å²) in [7, 11) is 1.61. The van der Waals surface area contributed by atoms with Crippen LogP contribution in [0.15, 0.2) is 30.3 Å². The molecule has 1 aromatic rings. The molecule has 0 aliphatic heterocycles. The molecule has 0 heterocycles. The van der Waals surface area contributed by atoms with Crippen LogP contribution in [0.3, 0.4) is 0 Å². The predicted molar refractivity (Wildman–Crippen MR) is 60.5 cm³/mol. The molecular formula is C12H14O4. The van der Waals surface area contributed by atoms with Crippen molar-refractivity contribution in [3.8, 4) is 5.75 Å². The van der Waals surface area contributed by atoms with Crippen molar-refractivity contribution >= 4 is 12.0 Å². The summed E-state index contributed by atoms with van der Waals surface area (Å²) in [6.45, 7) is 1.04. The molecule has 1 rings (SSSR count). The second-order valence-electron chi connectivity index (χ2n) is 3.08. The lowest BCUT2D eigenvalue weighted by Gasteiger charge is -2.04. The highest BCUT2D eigenvalue weighted by Gasteiger charge is 1.94. The Morgan fingerprint density at radius 1 is 1.31 bits per heavy atom. The van der Waals surface area contributed by atoms with E-state index in [1.54, 1.807) is 31.4 Å². The van der Waals surface area contributed by atoms with Crippen molar-refractivity contribution in [3.63, 3.8) is 0 Å². The standard InChI is InChI=1S/C12H14O4/c1-15-8-9-16-11-5-2-10(3-6-11)4-7-12(13)14/h2-7H,8-9H2,1H3,(H,13,14)/b7-4+. The summed E-state index contributed by atoms with van der Waals surface area (Å²) in [5.41, 5.74) is 0.821. The number of hydrogen-bond acceptors (Lipinski definition) is 3. The summed E-state index contributed by atoms with van der Waals surface area (Å²) in [5.74, 6) is -0.218. The fraction of sp³-hybridized carbons (Fsp3) is 0.250. The Morgan fingerprint density at radius 3 is 2.56 bits per heavy atom. The highest BCUT2D eigenvalue weighted by atomic mass is 16.5. The lowest BCUT2D eigenvalue weighted by molar-refractivity contribution is -0.131. The van der Waals surface area contributed by atoms with Crippen molar-refractivity contribution in [2.75, 3.05) is 20.3 Å². The van der Waals surface area contributed by atoms with Gasteiger partial charge in [0.25, 0.3) is 0 Å². The first-order valence-electron chi connectivity index (χ1n) is 4.85. The van der Waals surface area contributed by atoms with E-state index >= 15 is 0 Å². The van der Waals surface area contributed by atoms with E-state index in [-0.39, 0.29) is 0 Å². The number of benzene rings is 1. The highest BCUT2D eigenvalue weighted by Crippen LogP contribution is 2.12. The zero-order chi connectivity index (χ0) is 11.8.